The van der Waals surface area contributed by atoms with Crippen LogP contribution in [0, 0.1) is 23.2 Å². The molecule has 0 radical (unpaired) electrons. The standard InChI is InChI=1S/C12H24/c1-6-12(5,11-7-8-11)10(4)9(2)3/h9-11H,6-8H2,1-5H3. The van der Waals surface area contributed by atoms with Crippen molar-refractivity contribution in [3.05, 3.63) is 0 Å². The molecule has 0 heteroatoms. The van der Waals surface area contributed by atoms with Crippen molar-refractivity contribution in [1.82, 2.24) is 0 Å². The summed E-state index contributed by atoms with van der Waals surface area (Å²) in [5, 5.41) is 0. The number of rotatable bonds is 4. The molecular formula is C12H24. The van der Waals surface area contributed by atoms with Gasteiger partial charge in [0.15, 0.2) is 0 Å². The van der Waals surface area contributed by atoms with E-state index < -0.39 is 0 Å². The molecule has 0 spiro atoms. The van der Waals surface area contributed by atoms with Gasteiger partial charge in [-0.1, -0.05) is 41.0 Å². The van der Waals surface area contributed by atoms with E-state index in [1.54, 1.807) is 0 Å². The summed E-state index contributed by atoms with van der Waals surface area (Å²) in [6, 6.07) is 0. The monoisotopic (exact) mass is 168 g/mol. The molecule has 0 aromatic rings. The zero-order chi connectivity index (χ0) is 9.35. The summed E-state index contributed by atoms with van der Waals surface area (Å²) >= 11 is 0. The molecule has 2 atom stereocenters. The van der Waals surface area contributed by atoms with E-state index >= 15 is 0 Å². The summed E-state index contributed by atoms with van der Waals surface area (Å²) in [6.45, 7) is 12.0. The molecule has 1 aliphatic carbocycles. The van der Waals surface area contributed by atoms with E-state index in [2.05, 4.69) is 34.6 Å². The normalized spacial score (nSPS) is 25.5. The number of hydrogen-bond donors (Lipinski definition) is 0. The van der Waals surface area contributed by atoms with E-state index in [0.717, 1.165) is 17.8 Å². The van der Waals surface area contributed by atoms with Gasteiger partial charge < -0.3 is 0 Å². The summed E-state index contributed by atoms with van der Waals surface area (Å²) in [4.78, 5) is 0. The van der Waals surface area contributed by atoms with E-state index in [4.69, 9.17) is 0 Å². The predicted octanol–water partition coefficient (Wildman–Crippen LogP) is 4.10. The second-order valence-electron chi connectivity index (χ2n) is 5.17. The van der Waals surface area contributed by atoms with Gasteiger partial charge in [-0.25, -0.2) is 0 Å². The number of hydrogen-bond acceptors (Lipinski definition) is 0. The molecule has 0 aromatic carbocycles. The van der Waals surface area contributed by atoms with Crippen LogP contribution in [0.4, 0.5) is 0 Å². The highest BCUT2D eigenvalue weighted by atomic mass is 14.5. The van der Waals surface area contributed by atoms with E-state index in [1.807, 2.05) is 0 Å². The fourth-order valence-electron chi connectivity index (χ4n) is 2.49. The summed E-state index contributed by atoms with van der Waals surface area (Å²) in [7, 11) is 0. The minimum Gasteiger partial charge on any atom is -0.0648 e. The van der Waals surface area contributed by atoms with Crippen LogP contribution in [-0.2, 0) is 0 Å². The minimum atomic E-state index is 0.633. The first-order valence-electron chi connectivity index (χ1n) is 5.52. The molecule has 0 aromatic heterocycles. The Morgan fingerprint density at radius 2 is 1.75 bits per heavy atom. The van der Waals surface area contributed by atoms with Gasteiger partial charge in [0, 0.05) is 0 Å². The maximum absolute atomic E-state index is 2.50. The molecule has 1 saturated carbocycles. The lowest BCUT2D eigenvalue weighted by molar-refractivity contribution is 0.115. The summed E-state index contributed by atoms with van der Waals surface area (Å²) in [5.74, 6) is 2.77. The molecule has 1 fully saturated rings. The van der Waals surface area contributed by atoms with Crippen molar-refractivity contribution in [3.63, 3.8) is 0 Å². The molecule has 1 aliphatic rings. The third-order valence-corrected chi connectivity index (χ3v) is 4.31. The molecule has 1 rings (SSSR count). The predicted molar refractivity (Wildman–Crippen MR) is 55.1 cm³/mol. The van der Waals surface area contributed by atoms with E-state index in [9.17, 15) is 0 Å². The Kier molecular flexibility index (Phi) is 2.85. The lowest BCUT2D eigenvalue weighted by atomic mass is 9.68. The van der Waals surface area contributed by atoms with Gasteiger partial charge in [-0.15, -0.1) is 0 Å². The SMILES string of the molecule is CCC(C)(C1CC1)C(C)C(C)C. The molecule has 2 unspecified atom stereocenters. The second-order valence-corrected chi connectivity index (χ2v) is 5.17. The van der Waals surface area contributed by atoms with Crippen LogP contribution in [0.5, 0.6) is 0 Å². The maximum Gasteiger partial charge on any atom is -0.0272 e. The molecule has 0 saturated heterocycles. The molecule has 72 valence electrons. The van der Waals surface area contributed by atoms with Crippen molar-refractivity contribution >= 4 is 0 Å². The van der Waals surface area contributed by atoms with Gasteiger partial charge in [-0.2, -0.15) is 0 Å². The highest BCUT2D eigenvalue weighted by molar-refractivity contribution is 4.93. The van der Waals surface area contributed by atoms with Crippen LogP contribution in [0.25, 0.3) is 0 Å². The van der Waals surface area contributed by atoms with E-state index in [1.165, 1.54) is 19.3 Å². The first kappa shape index (κ1) is 10.1. The van der Waals surface area contributed by atoms with Crippen molar-refractivity contribution in [3.8, 4) is 0 Å². The molecule has 12 heavy (non-hydrogen) atoms. The molecular weight excluding hydrogens is 144 g/mol. The lowest BCUT2D eigenvalue weighted by Gasteiger charge is -2.38. The van der Waals surface area contributed by atoms with Crippen molar-refractivity contribution in [2.45, 2.75) is 53.9 Å². The molecule has 0 nitrogen and oxygen atoms in total. The maximum atomic E-state index is 2.50. The van der Waals surface area contributed by atoms with Gasteiger partial charge >= 0.3 is 0 Å². The average Bonchev–Trinajstić information content (AvgIpc) is 2.84. The fraction of sp³-hybridized carbons (Fsp3) is 1.00. The first-order chi connectivity index (χ1) is 5.52. The van der Waals surface area contributed by atoms with Gasteiger partial charge in [0.05, 0.1) is 0 Å². The minimum absolute atomic E-state index is 0.633. The van der Waals surface area contributed by atoms with Gasteiger partial charge in [0.1, 0.15) is 0 Å². The van der Waals surface area contributed by atoms with Crippen molar-refractivity contribution in [2.75, 3.05) is 0 Å². The van der Waals surface area contributed by atoms with Gasteiger partial charge in [0.2, 0.25) is 0 Å². The Bertz CT molecular complexity index is 144. The van der Waals surface area contributed by atoms with Crippen LogP contribution in [0.15, 0.2) is 0 Å². The second kappa shape index (κ2) is 3.40. The quantitative estimate of drug-likeness (QED) is 0.592. The van der Waals surface area contributed by atoms with Crippen molar-refractivity contribution < 1.29 is 0 Å². The molecule has 0 amide bonds. The highest BCUT2D eigenvalue weighted by Crippen LogP contribution is 2.53. The van der Waals surface area contributed by atoms with Crippen LogP contribution in [0.1, 0.15) is 53.9 Å². The van der Waals surface area contributed by atoms with Crippen LogP contribution in [0.2, 0.25) is 0 Å². The van der Waals surface area contributed by atoms with Crippen LogP contribution >= 0.6 is 0 Å². The van der Waals surface area contributed by atoms with Crippen LogP contribution in [-0.4, -0.2) is 0 Å². The largest absolute Gasteiger partial charge is 0.0648 e. The third-order valence-electron chi connectivity index (χ3n) is 4.31. The molecule has 0 heterocycles. The van der Waals surface area contributed by atoms with Crippen LogP contribution in [0.3, 0.4) is 0 Å². The molecule has 0 bridgehead atoms. The average molecular weight is 168 g/mol. The van der Waals surface area contributed by atoms with Crippen molar-refractivity contribution in [1.29, 1.82) is 0 Å². The first-order valence-corrected chi connectivity index (χ1v) is 5.52. The zero-order valence-electron chi connectivity index (χ0n) is 9.35. The van der Waals surface area contributed by atoms with Crippen molar-refractivity contribution in [2.24, 2.45) is 23.2 Å². The zero-order valence-corrected chi connectivity index (χ0v) is 9.35. The van der Waals surface area contributed by atoms with Crippen LogP contribution < -0.4 is 0 Å². The smallest absolute Gasteiger partial charge is 0.0272 e. The molecule has 0 N–H and O–H groups in total. The van der Waals surface area contributed by atoms with Gasteiger partial charge in [0.25, 0.3) is 0 Å². The Labute approximate surface area is 77.7 Å². The fourth-order valence-corrected chi connectivity index (χ4v) is 2.49. The Hall–Kier alpha value is 0. The lowest BCUT2D eigenvalue weighted by Crippen LogP contribution is -2.30. The summed E-state index contributed by atoms with van der Waals surface area (Å²) < 4.78 is 0. The molecule has 0 aliphatic heterocycles. The summed E-state index contributed by atoms with van der Waals surface area (Å²) in [6.07, 6.45) is 4.33. The highest BCUT2D eigenvalue weighted by Gasteiger charge is 2.44. The van der Waals surface area contributed by atoms with E-state index in [0.29, 0.717) is 5.41 Å². The van der Waals surface area contributed by atoms with Gasteiger partial charge in [-0.3, -0.25) is 0 Å². The topological polar surface area (TPSA) is 0 Å². The van der Waals surface area contributed by atoms with E-state index in [-0.39, 0.29) is 0 Å². The Morgan fingerprint density at radius 3 is 2.00 bits per heavy atom. The third kappa shape index (κ3) is 1.67. The summed E-state index contributed by atoms with van der Waals surface area (Å²) in [5.41, 5.74) is 0.633. The Morgan fingerprint density at radius 1 is 1.25 bits per heavy atom. The Balaban J connectivity index is 2.64. The van der Waals surface area contributed by atoms with Gasteiger partial charge in [-0.05, 0) is 36.0 Å².